The number of aliphatic hydroxyl groups is 1. The maximum Gasteiger partial charge on any atom is 0.250 e. The van der Waals surface area contributed by atoms with Gasteiger partial charge in [0.05, 0.1) is 23.9 Å². The Morgan fingerprint density at radius 2 is 2.07 bits per heavy atom. The Bertz CT molecular complexity index is 818. The van der Waals surface area contributed by atoms with Crippen LogP contribution in [0.5, 0.6) is 0 Å². The third-order valence-corrected chi connectivity index (χ3v) is 5.42. The monoisotopic (exact) mass is 389 g/mol. The van der Waals surface area contributed by atoms with Gasteiger partial charge in [0.25, 0.3) is 5.91 Å². The molecule has 3 N–H and O–H groups in total. The Morgan fingerprint density at radius 1 is 1.29 bits per heavy atom. The molecule has 2 atom stereocenters. The van der Waals surface area contributed by atoms with Crippen molar-refractivity contribution >= 4 is 11.6 Å². The standard InChI is InChI=1S/C20H24FN3O4/c21-13-4-5-15(20(22)26)17(10-13)24-8-6-23(7-9-24)16-2-1-3-18-19(16)27-12-14(11-25)28-18/h1,3-5,10,14,16,25H,2,6-9,11-12H2,(H2,22,26). The number of benzene rings is 1. The summed E-state index contributed by atoms with van der Waals surface area (Å²) < 4.78 is 25.4. The summed E-state index contributed by atoms with van der Waals surface area (Å²) in [6, 6.07) is 4.13. The van der Waals surface area contributed by atoms with E-state index in [1.165, 1.54) is 18.2 Å². The number of halogens is 1. The van der Waals surface area contributed by atoms with Crippen LogP contribution < -0.4 is 10.6 Å². The molecule has 0 bridgehead atoms. The number of hydrogen-bond acceptors (Lipinski definition) is 6. The summed E-state index contributed by atoms with van der Waals surface area (Å²) in [6.07, 6.45) is 4.43. The lowest BCUT2D eigenvalue weighted by molar-refractivity contribution is -0.0413. The maximum absolute atomic E-state index is 13.7. The number of hydrogen-bond donors (Lipinski definition) is 2. The number of carbonyl (C=O) groups excluding carboxylic acids is 1. The predicted octanol–water partition coefficient (Wildman–Crippen LogP) is 0.994. The topological polar surface area (TPSA) is 88.3 Å². The van der Waals surface area contributed by atoms with E-state index in [9.17, 15) is 14.3 Å². The normalized spacial score (nSPS) is 25.1. The number of allylic oxidation sites excluding steroid dienone is 1. The van der Waals surface area contributed by atoms with Gasteiger partial charge in [-0.05, 0) is 30.7 Å². The second-order valence-electron chi connectivity index (χ2n) is 7.16. The van der Waals surface area contributed by atoms with Crippen LogP contribution >= 0.6 is 0 Å². The molecular weight excluding hydrogens is 365 g/mol. The third kappa shape index (κ3) is 3.57. The number of nitrogens with zero attached hydrogens (tertiary/aromatic N) is 2. The molecule has 1 aliphatic carbocycles. The molecule has 2 unspecified atom stereocenters. The molecule has 3 aliphatic rings. The third-order valence-electron chi connectivity index (χ3n) is 5.42. The number of anilines is 1. The highest BCUT2D eigenvalue weighted by molar-refractivity contribution is 5.98. The zero-order chi connectivity index (χ0) is 19.7. The zero-order valence-corrected chi connectivity index (χ0v) is 15.5. The van der Waals surface area contributed by atoms with Crippen molar-refractivity contribution < 1.29 is 23.8 Å². The van der Waals surface area contributed by atoms with Crippen LogP contribution in [0.3, 0.4) is 0 Å². The molecule has 1 amide bonds. The van der Waals surface area contributed by atoms with E-state index in [0.29, 0.717) is 36.7 Å². The second kappa shape index (κ2) is 7.81. The van der Waals surface area contributed by atoms with Crippen molar-refractivity contribution in [3.63, 3.8) is 0 Å². The predicted molar refractivity (Wildman–Crippen MR) is 101 cm³/mol. The number of piperazine rings is 1. The van der Waals surface area contributed by atoms with Crippen LogP contribution in [-0.2, 0) is 9.47 Å². The van der Waals surface area contributed by atoms with E-state index in [0.717, 1.165) is 25.3 Å². The minimum atomic E-state index is -0.559. The summed E-state index contributed by atoms with van der Waals surface area (Å²) >= 11 is 0. The number of rotatable bonds is 4. The molecule has 1 fully saturated rings. The van der Waals surface area contributed by atoms with Crippen LogP contribution in [0.4, 0.5) is 10.1 Å². The van der Waals surface area contributed by atoms with Crippen molar-refractivity contribution in [3.05, 3.63) is 53.3 Å². The van der Waals surface area contributed by atoms with Crippen molar-refractivity contribution in [1.29, 1.82) is 0 Å². The number of nitrogens with two attached hydrogens (primary N) is 1. The zero-order valence-electron chi connectivity index (χ0n) is 15.5. The molecule has 0 saturated carbocycles. The minimum absolute atomic E-state index is 0.0740. The average molecular weight is 389 g/mol. The van der Waals surface area contributed by atoms with Gasteiger partial charge in [-0.1, -0.05) is 6.08 Å². The number of primary amides is 1. The number of carbonyl (C=O) groups is 1. The molecule has 0 radical (unpaired) electrons. The molecule has 28 heavy (non-hydrogen) atoms. The number of aliphatic hydroxyl groups excluding tert-OH is 1. The molecule has 2 aliphatic heterocycles. The van der Waals surface area contributed by atoms with Gasteiger partial charge in [-0.2, -0.15) is 0 Å². The van der Waals surface area contributed by atoms with E-state index in [-0.39, 0.29) is 24.6 Å². The van der Waals surface area contributed by atoms with E-state index < -0.39 is 5.91 Å². The van der Waals surface area contributed by atoms with Crippen molar-refractivity contribution in [2.75, 3.05) is 44.3 Å². The SMILES string of the molecule is NC(=O)c1ccc(F)cc1N1CCN(C2CC=CC3=C2OCC(CO)O3)CC1. The molecular formula is C20H24FN3O4. The number of ether oxygens (including phenoxy) is 2. The van der Waals surface area contributed by atoms with E-state index in [4.69, 9.17) is 15.2 Å². The summed E-state index contributed by atoms with van der Waals surface area (Å²) in [5.74, 6) is 0.547. The lowest BCUT2D eigenvalue weighted by Crippen LogP contribution is -2.52. The summed E-state index contributed by atoms with van der Waals surface area (Å²) in [4.78, 5) is 16.0. The maximum atomic E-state index is 13.7. The molecule has 4 rings (SSSR count). The first-order valence-electron chi connectivity index (χ1n) is 9.46. The lowest BCUT2D eigenvalue weighted by Gasteiger charge is -2.43. The quantitative estimate of drug-likeness (QED) is 0.799. The number of amides is 1. The molecule has 8 heteroatoms. The summed E-state index contributed by atoms with van der Waals surface area (Å²) in [5.41, 5.74) is 6.32. The average Bonchev–Trinajstić information content (AvgIpc) is 2.72. The largest absolute Gasteiger partial charge is 0.488 e. The molecule has 150 valence electrons. The van der Waals surface area contributed by atoms with Crippen LogP contribution in [0.25, 0.3) is 0 Å². The summed E-state index contributed by atoms with van der Waals surface area (Å²) in [7, 11) is 0. The van der Waals surface area contributed by atoms with E-state index in [2.05, 4.69) is 11.0 Å². The van der Waals surface area contributed by atoms with Gasteiger partial charge in [0.15, 0.2) is 17.6 Å². The highest BCUT2D eigenvalue weighted by Gasteiger charge is 2.34. The molecule has 0 spiro atoms. The molecule has 0 aromatic heterocycles. The first-order valence-corrected chi connectivity index (χ1v) is 9.46. The van der Waals surface area contributed by atoms with Gasteiger partial charge in [-0.15, -0.1) is 0 Å². The van der Waals surface area contributed by atoms with Crippen LogP contribution in [-0.4, -0.2) is 67.5 Å². The molecule has 2 heterocycles. The Balaban J connectivity index is 1.47. The molecule has 1 saturated heterocycles. The van der Waals surface area contributed by atoms with Gasteiger partial charge in [-0.25, -0.2) is 4.39 Å². The fourth-order valence-corrected chi connectivity index (χ4v) is 3.97. The first-order chi connectivity index (χ1) is 13.6. The first kappa shape index (κ1) is 18.8. The smallest absolute Gasteiger partial charge is 0.250 e. The Hall–Kier alpha value is -2.58. The molecule has 7 nitrogen and oxygen atoms in total. The lowest BCUT2D eigenvalue weighted by atomic mass is 10.0. The van der Waals surface area contributed by atoms with Crippen LogP contribution in [0.1, 0.15) is 16.8 Å². The fourth-order valence-electron chi connectivity index (χ4n) is 3.97. The highest BCUT2D eigenvalue weighted by Crippen LogP contribution is 2.31. The van der Waals surface area contributed by atoms with Gasteiger partial charge in [0.2, 0.25) is 0 Å². The Morgan fingerprint density at radius 3 is 2.79 bits per heavy atom. The molecule has 1 aromatic carbocycles. The van der Waals surface area contributed by atoms with Gasteiger partial charge < -0.3 is 25.2 Å². The molecule has 1 aromatic rings. The van der Waals surface area contributed by atoms with Gasteiger partial charge in [0, 0.05) is 26.2 Å². The fraction of sp³-hybridized carbons (Fsp3) is 0.450. The van der Waals surface area contributed by atoms with Gasteiger partial charge in [0.1, 0.15) is 12.4 Å². The highest BCUT2D eigenvalue weighted by atomic mass is 19.1. The van der Waals surface area contributed by atoms with Crippen molar-refractivity contribution in [3.8, 4) is 0 Å². The van der Waals surface area contributed by atoms with Crippen LogP contribution in [0, 0.1) is 5.82 Å². The van der Waals surface area contributed by atoms with E-state index in [1.54, 1.807) is 0 Å². The summed E-state index contributed by atoms with van der Waals surface area (Å²) in [6.45, 7) is 3.02. The van der Waals surface area contributed by atoms with E-state index >= 15 is 0 Å². The van der Waals surface area contributed by atoms with Gasteiger partial charge >= 0.3 is 0 Å². The van der Waals surface area contributed by atoms with Crippen LogP contribution in [0.2, 0.25) is 0 Å². The Labute approximate surface area is 162 Å². The Kier molecular flexibility index (Phi) is 5.23. The summed E-state index contributed by atoms with van der Waals surface area (Å²) in [5, 5.41) is 9.29. The minimum Gasteiger partial charge on any atom is -0.488 e. The van der Waals surface area contributed by atoms with Crippen LogP contribution in [0.15, 0.2) is 41.9 Å². The van der Waals surface area contributed by atoms with E-state index in [1.807, 2.05) is 11.0 Å². The van der Waals surface area contributed by atoms with Crippen molar-refractivity contribution in [2.24, 2.45) is 5.73 Å². The van der Waals surface area contributed by atoms with Crippen molar-refractivity contribution in [2.45, 2.75) is 18.6 Å². The second-order valence-corrected chi connectivity index (χ2v) is 7.16. The van der Waals surface area contributed by atoms with Crippen molar-refractivity contribution in [1.82, 2.24) is 4.90 Å². The van der Waals surface area contributed by atoms with Gasteiger partial charge in [-0.3, -0.25) is 9.69 Å².